The Balaban J connectivity index is 1.93. The van der Waals surface area contributed by atoms with Crippen molar-refractivity contribution in [2.24, 2.45) is 0 Å². The van der Waals surface area contributed by atoms with Gasteiger partial charge in [-0.2, -0.15) is 17.5 Å². The van der Waals surface area contributed by atoms with Crippen LogP contribution in [0.2, 0.25) is 0 Å². The Kier molecular flexibility index (Phi) is 5.26. The lowest BCUT2D eigenvalue weighted by atomic mass is 10.2. The number of hydrogen-bond donors (Lipinski definition) is 1. The van der Waals surface area contributed by atoms with E-state index in [2.05, 4.69) is 9.97 Å². The highest BCUT2D eigenvalue weighted by Gasteiger charge is 2.31. The normalized spacial score (nSPS) is 12.6. The highest BCUT2D eigenvalue weighted by atomic mass is 32.2. The average Bonchev–Trinajstić information content (AvgIpc) is 2.65. The highest BCUT2D eigenvalue weighted by Crippen LogP contribution is 2.30. The molecule has 0 bridgehead atoms. The molecule has 0 spiro atoms. The number of alkyl halides is 3. The highest BCUT2D eigenvalue weighted by molar-refractivity contribution is 7.89. The van der Waals surface area contributed by atoms with Gasteiger partial charge in [0, 0.05) is 6.54 Å². The molecule has 1 aromatic heterocycles. The Morgan fingerprint density at radius 1 is 1.07 bits per heavy atom. The van der Waals surface area contributed by atoms with Crippen molar-refractivity contribution < 1.29 is 21.6 Å². The zero-order valence-electron chi connectivity index (χ0n) is 14.7. The molecule has 10 heteroatoms. The maximum absolute atomic E-state index is 12.8. The molecular formula is C18H16F3N3O3S. The number of benzene rings is 2. The van der Waals surface area contributed by atoms with Crippen molar-refractivity contribution >= 4 is 20.9 Å². The summed E-state index contributed by atoms with van der Waals surface area (Å²) in [4.78, 5) is 18.7. The summed E-state index contributed by atoms with van der Waals surface area (Å²) in [5.74, 6) is 0.140. The molecule has 0 radical (unpaired) electrons. The van der Waals surface area contributed by atoms with Gasteiger partial charge in [-0.15, -0.1) is 0 Å². The molecule has 0 atom stereocenters. The van der Waals surface area contributed by atoms with Crippen LogP contribution in [-0.4, -0.2) is 29.2 Å². The van der Waals surface area contributed by atoms with E-state index in [-0.39, 0.29) is 23.8 Å². The lowest BCUT2D eigenvalue weighted by Crippen LogP contribution is -2.32. The number of aromatic amines is 1. The summed E-state index contributed by atoms with van der Waals surface area (Å²) in [6, 6.07) is 9.89. The summed E-state index contributed by atoms with van der Waals surface area (Å²) in [5.41, 5.74) is -0.914. The lowest BCUT2D eigenvalue weighted by Gasteiger charge is -2.20. The third-order valence-corrected chi connectivity index (χ3v) is 6.10. The number of halogens is 3. The van der Waals surface area contributed by atoms with E-state index in [0.29, 0.717) is 10.9 Å². The summed E-state index contributed by atoms with van der Waals surface area (Å²) in [6.07, 6.45) is -4.55. The van der Waals surface area contributed by atoms with E-state index >= 15 is 0 Å². The number of nitrogens with one attached hydrogen (secondary N) is 1. The Morgan fingerprint density at radius 3 is 2.32 bits per heavy atom. The number of sulfonamides is 1. The smallest absolute Gasteiger partial charge is 0.309 e. The number of rotatable bonds is 5. The molecule has 0 aliphatic carbocycles. The predicted octanol–water partition coefficient (Wildman–Crippen LogP) is 3.15. The monoisotopic (exact) mass is 411 g/mol. The molecule has 1 heterocycles. The second-order valence-corrected chi connectivity index (χ2v) is 7.92. The predicted molar refractivity (Wildman–Crippen MR) is 97.1 cm³/mol. The molecular weight excluding hydrogens is 395 g/mol. The van der Waals surface area contributed by atoms with Crippen molar-refractivity contribution in [1.82, 2.24) is 14.3 Å². The fraction of sp³-hybridized carbons (Fsp3) is 0.222. The summed E-state index contributed by atoms with van der Waals surface area (Å²) >= 11 is 0. The summed E-state index contributed by atoms with van der Waals surface area (Å²) < 4.78 is 64.7. The second kappa shape index (κ2) is 7.36. The van der Waals surface area contributed by atoms with Gasteiger partial charge in [0.1, 0.15) is 5.82 Å². The lowest BCUT2D eigenvalue weighted by molar-refractivity contribution is -0.137. The standard InChI is InChI=1S/C18H16F3N3O3S/c1-2-24(11-16-22-15-6-4-3-5-14(15)17(25)23-16)28(26,27)13-9-7-12(8-10-13)18(19,20)21/h3-10H,2,11H2,1H3,(H,22,23,25). The number of fused-ring (bicyclic) bond motifs is 1. The van der Waals surface area contributed by atoms with Crippen molar-refractivity contribution in [2.45, 2.75) is 24.5 Å². The molecule has 3 aromatic rings. The van der Waals surface area contributed by atoms with Crippen LogP contribution < -0.4 is 5.56 Å². The molecule has 28 heavy (non-hydrogen) atoms. The van der Waals surface area contributed by atoms with E-state index in [1.54, 1.807) is 31.2 Å². The molecule has 0 amide bonds. The van der Waals surface area contributed by atoms with Crippen molar-refractivity contribution in [3.8, 4) is 0 Å². The van der Waals surface area contributed by atoms with E-state index in [9.17, 15) is 26.4 Å². The second-order valence-electron chi connectivity index (χ2n) is 5.98. The maximum atomic E-state index is 12.8. The molecule has 0 aliphatic rings. The topological polar surface area (TPSA) is 83.1 Å². The zero-order valence-corrected chi connectivity index (χ0v) is 15.5. The summed E-state index contributed by atoms with van der Waals surface area (Å²) in [7, 11) is -4.07. The minimum Gasteiger partial charge on any atom is -0.309 e. The zero-order chi connectivity index (χ0) is 20.5. The third kappa shape index (κ3) is 3.92. The van der Waals surface area contributed by atoms with Gasteiger partial charge >= 0.3 is 6.18 Å². The van der Waals surface area contributed by atoms with Crippen LogP contribution in [0.5, 0.6) is 0 Å². The summed E-state index contributed by atoms with van der Waals surface area (Å²) in [6.45, 7) is 1.40. The fourth-order valence-electron chi connectivity index (χ4n) is 2.71. The van der Waals surface area contributed by atoms with E-state index in [1.165, 1.54) is 0 Å². The number of para-hydroxylation sites is 1. The minimum absolute atomic E-state index is 0.0416. The van der Waals surface area contributed by atoms with Gasteiger partial charge in [0.2, 0.25) is 10.0 Å². The van der Waals surface area contributed by atoms with E-state index in [1.807, 2.05) is 0 Å². The molecule has 0 unspecified atom stereocenters. The van der Waals surface area contributed by atoms with E-state index in [4.69, 9.17) is 0 Å². The molecule has 148 valence electrons. The van der Waals surface area contributed by atoms with E-state index in [0.717, 1.165) is 28.6 Å². The SMILES string of the molecule is CCN(Cc1nc2ccccc2c(=O)[nH]1)S(=O)(=O)c1ccc(C(F)(F)F)cc1. The molecule has 6 nitrogen and oxygen atoms in total. The Labute approximate surface area is 158 Å². The quantitative estimate of drug-likeness (QED) is 0.699. The molecule has 0 aliphatic heterocycles. The van der Waals surface area contributed by atoms with Crippen LogP contribution in [0.4, 0.5) is 13.2 Å². The first-order valence-corrected chi connectivity index (χ1v) is 9.72. The van der Waals surface area contributed by atoms with Gasteiger partial charge in [-0.1, -0.05) is 19.1 Å². The van der Waals surface area contributed by atoms with E-state index < -0.39 is 27.3 Å². The largest absolute Gasteiger partial charge is 0.416 e. The first-order valence-electron chi connectivity index (χ1n) is 8.28. The van der Waals surface area contributed by atoms with Crippen molar-refractivity contribution in [3.63, 3.8) is 0 Å². The number of aromatic nitrogens is 2. The summed E-state index contributed by atoms with van der Waals surface area (Å²) in [5, 5.41) is 0.375. The first kappa shape index (κ1) is 20.0. The number of nitrogens with zero attached hydrogens (tertiary/aromatic N) is 2. The Morgan fingerprint density at radius 2 is 1.71 bits per heavy atom. The van der Waals surface area contributed by atoms with Gasteiger partial charge < -0.3 is 4.98 Å². The van der Waals surface area contributed by atoms with Crippen LogP contribution in [0.15, 0.2) is 58.2 Å². The minimum atomic E-state index is -4.55. The Hall–Kier alpha value is -2.72. The van der Waals surface area contributed by atoms with Gasteiger partial charge in [-0.25, -0.2) is 13.4 Å². The van der Waals surface area contributed by atoms with Gasteiger partial charge in [0.15, 0.2) is 0 Å². The molecule has 0 saturated carbocycles. The van der Waals surface area contributed by atoms with Crippen LogP contribution in [0.3, 0.4) is 0 Å². The Bertz CT molecular complexity index is 1160. The van der Waals surface area contributed by atoms with Crippen LogP contribution in [0, 0.1) is 0 Å². The van der Waals surface area contributed by atoms with Gasteiger partial charge in [0.05, 0.1) is 27.9 Å². The average molecular weight is 411 g/mol. The van der Waals surface area contributed by atoms with Gasteiger partial charge in [0.25, 0.3) is 5.56 Å². The van der Waals surface area contributed by atoms with Crippen molar-refractivity contribution in [2.75, 3.05) is 6.54 Å². The maximum Gasteiger partial charge on any atom is 0.416 e. The third-order valence-electron chi connectivity index (χ3n) is 4.16. The number of H-pyrrole nitrogens is 1. The fourth-order valence-corrected chi connectivity index (χ4v) is 4.12. The van der Waals surface area contributed by atoms with Crippen LogP contribution in [0.1, 0.15) is 18.3 Å². The van der Waals surface area contributed by atoms with Crippen LogP contribution in [0.25, 0.3) is 10.9 Å². The van der Waals surface area contributed by atoms with Crippen molar-refractivity contribution in [1.29, 1.82) is 0 Å². The molecule has 3 rings (SSSR count). The van der Waals surface area contributed by atoms with Gasteiger partial charge in [-0.05, 0) is 36.4 Å². The molecule has 1 N–H and O–H groups in total. The van der Waals surface area contributed by atoms with Crippen molar-refractivity contribution in [3.05, 3.63) is 70.3 Å². The van der Waals surface area contributed by atoms with Crippen LogP contribution >= 0.6 is 0 Å². The number of hydrogen-bond acceptors (Lipinski definition) is 4. The van der Waals surface area contributed by atoms with Gasteiger partial charge in [-0.3, -0.25) is 4.79 Å². The van der Waals surface area contributed by atoms with Crippen LogP contribution in [-0.2, 0) is 22.7 Å². The molecule has 2 aromatic carbocycles. The molecule has 0 fully saturated rings. The molecule has 0 saturated heterocycles. The first-order chi connectivity index (χ1) is 13.1.